The number of halogens is 2. The van der Waals surface area contributed by atoms with E-state index in [0.29, 0.717) is 51.3 Å². The van der Waals surface area contributed by atoms with Gasteiger partial charge in [-0.3, -0.25) is 4.79 Å². The number of benzene rings is 2. The van der Waals surface area contributed by atoms with Crippen LogP contribution < -0.4 is 14.8 Å². The lowest BCUT2D eigenvalue weighted by Crippen LogP contribution is -2.36. The monoisotopic (exact) mass is 528 g/mol. The molecule has 2 aromatic carbocycles. The molecule has 0 radical (unpaired) electrons. The van der Waals surface area contributed by atoms with Gasteiger partial charge in [0.2, 0.25) is 0 Å². The van der Waals surface area contributed by atoms with Crippen LogP contribution in [0.2, 0.25) is 10.0 Å². The van der Waals surface area contributed by atoms with E-state index < -0.39 is 5.92 Å². The highest BCUT2D eigenvalue weighted by atomic mass is 35.5. The highest BCUT2D eigenvalue weighted by Crippen LogP contribution is 2.49. The number of carbonyl (C=O) groups excluding carboxylic acids is 1. The van der Waals surface area contributed by atoms with Crippen LogP contribution in [0.3, 0.4) is 0 Å². The smallest absolute Gasteiger partial charge is 0.162 e. The molecular weight excluding hydrogens is 503 g/mol. The Morgan fingerprint density at radius 1 is 1.09 bits per heavy atom. The fourth-order valence-corrected chi connectivity index (χ4v) is 5.97. The van der Waals surface area contributed by atoms with Crippen molar-refractivity contribution >= 4 is 40.7 Å². The molecule has 0 unspecified atom stereocenters. The van der Waals surface area contributed by atoms with Gasteiger partial charge in [-0.2, -0.15) is 5.26 Å². The number of allylic oxidation sites excluding steroid dienone is 3. The van der Waals surface area contributed by atoms with Gasteiger partial charge in [-0.05, 0) is 47.2 Å². The van der Waals surface area contributed by atoms with Gasteiger partial charge < -0.3 is 14.8 Å². The fourth-order valence-electron chi connectivity index (χ4n) is 4.64. The predicted molar refractivity (Wildman–Crippen MR) is 141 cm³/mol. The third-order valence-electron chi connectivity index (χ3n) is 6.23. The number of ether oxygens (including phenoxy) is 2. The highest BCUT2D eigenvalue weighted by molar-refractivity contribution is 8.02. The SMILES string of the molecule is COc1ccc([C@@H]2C(C#N)=C(SCc3ccc(Cl)c(Cl)c3)NC3=C2C(=O)CC(C)(C)C3)cc1OC. The molecule has 2 aromatic rings. The van der Waals surface area contributed by atoms with Crippen molar-refractivity contribution in [1.82, 2.24) is 5.32 Å². The molecule has 4 rings (SSSR count). The van der Waals surface area contributed by atoms with Gasteiger partial charge in [0.15, 0.2) is 17.3 Å². The molecule has 0 spiro atoms. The number of ketones is 1. The van der Waals surface area contributed by atoms with Gasteiger partial charge in [0, 0.05) is 23.4 Å². The Kier molecular flexibility index (Phi) is 7.42. The van der Waals surface area contributed by atoms with Crippen molar-refractivity contribution in [3.8, 4) is 17.6 Å². The van der Waals surface area contributed by atoms with Gasteiger partial charge in [-0.1, -0.05) is 49.2 Å². The average molecular weight is 529 g/mol. The molecule has 0 bridgehead atoms. The van der Waals surface area contributed by atoms with E-state index in [1.54, 1.807) is 20.3 Å². The molecule has 182 valence electrons. The summed E-state index contributed by atoms with van der Waals surface area (Å²) in [7, 11) is 3.15. The van der Waals surface area contributed by atoms with Crippen LogP contribution in [0.25, 0.3) is 0 Å². The first kappa shape index (κ1) is 25.5. The van der Waals surface area contributed by atoms with Crippen LogP contribution in [0.4, 0.5) is 0 Å². The summed E-state index contributed by atoms with van der Waals surface area (Å²) in [5.41, 5.74) is 3.67. The second-order valence-corrected chi connectivity index (χ2v) is 11.2. The summed E-state index contributed by atoms with van der Waals surface area (Å²) >= 11 is 13.8. The number of nitrogens with zero attached hydrogens (tertiary/aromatic N) is 1. The summed E-state index contributed by atoms with van der Waals surface area (Å²) in [5.74, 6) is 1.30. The molecule has 8 heteroatoms. The summed E-state index contributed by atoms with van der Waals surface area (Å²) in [6.45, 7) is 4.18. The normalized spacial score (nSPS) is 19.1. The number of carbonyl (C=O) groups is 1. The first-order chi connectivity index (χ1) is 16.7. The number of Topliss-reactive ketones (excluding diaryl/α,β-unsaturated/α-hetero) is 1. The topological polar surface area (TPSA) is 71.3 Å². The van der Waals surface area contributed by atoms with Gasteiger partial charge in [-0.15, -0.1) is 11.8 Å². The van der Waals surface area contributed by atoms with Crippen molar-refractivity contribution in [2.45, 2.75) is 38.4 Å². The minimum absolute atomic E-state index is 0.0600. The quantitative estimate of drug-likeness (QED) is 0.434. The number of hydrogen-bond donors (Lipinski definition) is 1. The van der Waals surface area contributed by atoms with Crippen molar-refractivity contribution in [1.29, 1.82) is 5.26 Å². The molecule has 0 saturated carbocycles. The lowest BCUT2D eigenvalue weighted by atomic mass is 9.69. The third-order valence-corrected chi connectivity index (χ3v) is 8.06. The van der Waals surface area contributed by atoms with Gasteiger partial charge >= 0.3 is 0 Å². The first-order valence-electron chi connectivity index (χ1n) is 11.1. The molecule has 2 aliphatic rings. The van der Waals surface area contributed by atoms with Crippen molar-refractivity contribution < 1.29 is 14.3 Å². The Morgan fingerprint density at radius 2 is 1.83 bits per heavy atom. The zero-order valence-electron chi connectivity index (χ0n) is 20.0. The van der Waals surface area contributed by atoms with Crippen molar-refractivity contribution in [2.24, 2.45) is 5.41 Å². The number of dihydropyridines is 1. The summed E-state index contributed by atoms with van der Waals surface area (Å²) < 4.78 is 10.9. The fraction of sp³-hybridized carbons (Fsp3) is 0.333. The van der Waals surface area contributed by atoms with E-state index in [1.165, 1.54) is 11.8 Å². The molecule has 1 aliphatic heterocycles. The van der Waals surface area contributed by atoms with Crippen molar-refractivity contribution in [3.63, 3.8) is 0 Å². The van der Waals surface area contributed by atoms with E-state index in [4.69, 9.17) is 32.7 Å². The maximum absolute atomic E-state index is 13.4. The van der Waals surface area contributed by atoms with Crippen LogP contribution in [0.1, 0.15) is 43.7 Å². The second kappa shape index (κ2) is 10.2. The van der Waals surface area contributed by atoms with Gasteiger partial charge in [0.25, 0.3) is 0 Å². The summed E-state index contributed by atoms with van der Waals surface area (Å²) in [5, 5.41) is 15.5. The van der Waals surface area contributed by atoms with Crippen molar-refractivity contribution in [3.05, 3.63) is 79.4 Å². The number of methoxy groups -OCH3 is 2. The molecule has 0 amide bonds. The zero-order chi connectivity index (χ0) is 25.3. The molecule has 35 heavy (non-hydrogen) atoms. The number of nitriles is 1. The van der Waals surface area contributed by atoms with Gasteiger partial charge in [-0.25, -0.2) is 0 Å². The Balaban J connectivity index is 1.80. The Bertz CT molecular complexity index is 1290. The molecule has 0 fully saturated rings. The van der Waals surface area contributed by atoms with Crippen molar-refractivity contribution in [2.75, 3.05) is 14.2 Å². The predicted octanol–water partition coefficient (Wildman–Crippen LogP) is 7.01. The molecule has 5 nitrogen and oxygen atoms in total. The van der Waals surface area contributed by atoms with E-state index in [2.05, 4.69) is 25.2 Å². The van der Waals surface area contributed by atoms with Crippen LogP contribution in [-0.4, -0.2) is 20.0 Å². The Hall–Kier alpha value is -2.59. The molecule has 1 heterocycles. The standard InChI is InChI=1S/C27H26Cl2N2O3S/c1-27(2)11-20-25(21(32)12-27)24(16-6-8-22(33-3)23(10-16)34-4)17(13-30)26(31-20)35-14-15-5-7-18(28)19(29)9-15/h5-10,24,31H,11-12,14H2,1-4H3/t24-/m1/s1. The zero-order valence-corrected chi connectivity index (χ0v) is 22.3. The minimum Gasteiger partial charge on any atom is -0.493 e. The third kappa shape index (κ3) is 5.18. The second-order valence-electron chi connectivity index (χ2n) is 9.40. The number of rotatable bonds is 6. The van der Waals surface area contributed by atoms with Gasteiger partial charge in [0.05, 0.1) is 46.9 Å². The summed E-state index contributed by atoms with van der Waals surface area (Å²) in [6, 6.07) is 13.5. The molecule has 0 aromatic heterocycles. The lowest BCUT2D eigenvalue weighted by molar-refractivity contribution is -0.118. The molecular formula is C27H26Cl2N2O3S. The van der Waals surface area contributed by atoms with Crippen LogP contribution >= 0.6 is 35.0 Å². The summed E-state index contributed by atoms with van der Waals surface area (Å²) in [6.07, 6.45) is 1.15. The van der Waals surface area contributed by atoms with E-state index >= 15 is 0 Å². The van der Waals surface area contributed by atoms with Gasteiger partial charge in [0.1, 0.15) is 0 Å². The highest BCUT2D eigenvalue weighted by Gasteiger charge is 2.42. The first-order valence-corrected chi connectivity index (χ1v) is 12.9. The maximum Gasteiger partial charge on any atom is 0.162 e. The molecule has 1 atom stereocenters. The van der Waals surface area contributed by atoms with Crippen LogP contribution in [-0.2, 0) is 10.5 Å². The van der Waals surface area contributed by atoms with E-state index in [-0.39, 0.29) is 11.2 Å². The summed E-state index contributed by atoms with van der Waals surface area (Å²) in [4.78, 5) is 13.4. The van der Waals surface area contributed by atoms with E-state index in [9.17, 15) is 10.1 Å². The maximum atomic E-state index is 13.4. The Morgan fingerprint density at radius 3 is 2.49 bits per heavy atom. The number of nitrogens with one attached hydrogen (secondary N) is 1. The number of hydrogen-bond acceptors (Lipinski definition) is 6. The molecule has 1 N–H and O–H groups in total. The van der Waals surface area contributed by atoms with Crippen LogP contribution in [0.15, 0.2) is 58.3 Å². The molecule has 1 aliphatic carbocycles. The van der Waals surface area contributed by atoms with Crippen LogP contribution in [0.5, 0.6) is 11.5 Å². The van der Waals surface area contributed by atoms with Crippen LogP contribution in [0, 0.1) is 16.7 Å². The Labute approximate surface area is 220 Å². The van der Waals surface area contributed by atoms with E-state index in [0.717, 1.165) is 21.9 Å². The molecule has 0 saturated heterocycles. The number of thioether (sulfide) groups is 1. The lowest BCUT2D eigenvalue weighted by Gasteiger charge is -2.39. The largest absolute Gasteiger partial charge is 0.493 e. The average Bonchev–Trinajstić information content (AvgIpc) is 2.82. The minimum atomic E-state index is -0.490. The van der Waals surface area contributed by atoms with E-state index in [1.807, 2.05) is 30.3 Å².